The second-order valence-electron chi connectivity index (χ2n) is 6.24. The Morgan fingerprint density at radius 3 is 2.22 bits per heavy atom. The number of carboxylic acid groups (broad SMARTS) is 2. The summed E-state index contributed by atoms with van der Waals surface area (Å²) >= 11 is 0. The van der Waals surface area contributed by atoms with E-state index in [1.807, 2.05) is 4.83 Å². The van der Waals surface area contributed by atoms with Crippen LogP contribution in [-0.2, 0) is 19.6 Å². The minimum atomic E-state index is -5.08. The second-order valence-corrected chi connectivity index (χ2v) is 8.01. The molecule has 1 unspecified atom stereocenters. The summed E-state index contributed by atoms with van der Waals surface area (Å²) in [7, 11) is -2.04. The number of hydrogen-bond donors (Lipinski definition) is 8. The summed E-state index contributed by atoms with van der Waals surface area (Å²) in [5.74, 6) is -5.24. The number of β-lactam (4-membered cyclic amide) rings is 1. The number of nitrogens with zero attached hydrogens (tertiary/aromatic N) is 1. The standard InChI is InChI=1S/C8H15N5O4S.C6H5NO4.C2HF3O2/c1-10-12-18(16,17)4-2-3-11-8(15)13-5-6(9)7(13)14;8-4-1-3(6(10)11)7-2-5(4)9;3-2(4,5)1(6)7/h2-3,6,10,12H,4-5,9H2,1H3,(H,11,15);1-2,9H,(H,7,8)(H,10,11);(H,6,7). The molecule has 1 fully saturated rings. The van der Waals surface area contributed by atoms with Gasteiger partial charge in [-0.25, -0.2) is 28.2 Å². The monoisotopic (exact) mass is 546 g/mol. The molecule has 9 N–H and O–H groups in total. The molecule has 1 aliphatic heterocycles. The molecule has 1 aromatic heterocycles. The molecule has 16 nitrogen and oxygen atoms in total. The van der Waals surface area contributed by atoms with Gasteiger partial charge in [-0.05, 0) is 7.05 Å². The van der Waals surface area contributed by atoms with Gasteiger partial charge in [0.15, 0.2) is 5.75 Å². The van der Waals surface area contributed by atoms with E-state index in [-0.39, 0.29) is 18.0 Å². The summed E-state index contributed by atoms with van der Waals surface area (Å²) in [6.45, 7) is 0.165. The number of rotatable bonds is 6. The summed E-state index contributed by atoms with van der Waals surface area (Å²) in [5.41, 5.74) is 6.64. The van der Waals surface area contributed by atoms with Gasteiger partial charge < -0.3 is 31.4 Å². The summed E-state index contributed by atoms with van der Waals surface area (Å²) in [6.07, 6.45) is -1.75. The van der Waals surface area contributed by atoms with Crippen LogP contribution in [0.25, 0.3) is 0 Å². The summed E-state index contributed by atoms with van der Waals surface area (Å²) in [4.78, 5) is 57.4. The third kappa shape index (κ3) is 11.4. The number of aromatic amines is 1. The zero-order chi connectivity index (χ0) is 28.3. The number of hydrogen-bond acceptors (Lipinski definition) is 10. The molecule has 20 heteroatoms. The van der Waals surface area contributed by atoms with Crippen molar-refractivity contribution < 1.29 is 56.1 Å². The average molecular weight is 546 g/mol. The quantitative estimate of drug-likeness (QED) is 0.140. The topological polar surface area (TPSA) is 261 Å². The van der Waals surface area contributed by atoms with Crippen molar-refractivity contribution in [3.05, 3.63) is 40.5 Å². The van der Waals surface area contributed by atoms with Crippen molar-refractivity contribution in [1.82, 2.24) is 25.5 Å². The Morgan fingerprint density at radius 2 is 1.83 bits per heavy atom. The van der Waals surface area contributed by atoms with Crippen LogP contribution >= 0.6 is 0 Å². The van der Waals surface area contributed by atoms with Crippen LogP contribution in [0.1, 0.15) is 10.5 Å². The maximum atomic E-state index is 11.3. The number of alkyl halides is 3. The van der Waals surface area contributed by atoms with Crippen molar-refractivity contribution >= 4 is 33.9 Å². The van der Waals surface area contributed by atoms with Crippen LogP contribution in [0.5, 0.6) is 5.75 Å². The maximum Gasteiger partial charge on any atom is 0.490 e. The lowest BCUT2D eigenvalue weighted by molar-refractivity contribution is -0.192. The summed E-state index contributed by atoms with van der Waals surface area (Å²) in [6, 6.07) is -0.436. The van der Waals surface area contributed by atoms with E-state index in [0.717, 1.165) is 23.4 Å². The van der Waals surface area contributed by atoms with Crippen LogP contribution in [0.2, 0.25) is 0 Å². The highest BCUT2D eigenvalue weighted by atomic mass is 32.2. The summed E-state index contributed by atoms with van der Waals surface area (Å²) < 4.78 is 54.0. The van der Waals surface area contributed by atoms with E-state index in [1.54, 1.807) is 0 Å². The Hall–Kier alpha value is -4.01. The van der Waals surface area contributed by atoms with Crippen LogP contribution in [0, 0.1) is 0 Å². The van der Waals surface area contributed by atoms with Gasteiger partial charge in [-0.2, -0.15) is 18.0 Å². The van der Waals surface area contributed by atoms with Gasteiger partial charge in [-0.15, -0.1) is 0 Å². The van der Waals surface area contributed by atoms with Crippen molar-refractivity contribution in [2.75, 3.05) is 19.3 Å². The third-order valence-electron chi connectivity index (χ3n) is 3.47. The van der Waals surface area contributed by atoms with E-state index < -0.39 is 57.3 Å². The first-order chi connectivity index (χ1) is 16.4. The van der Waals surface area contributed by atoms with Crippen molar-refractivity contribution in [3.8, 4) is 5.75 Å². The molecule has 202 valence electrons. The second kappa shape index (κ2) is 13.8. The normalized spacial score (nSPS) is 15.1. The molecule has 1 aromatic rings. The van der Waals surface area contributed by atoms with Crippen LogP contribution in [0.15, 0.2) is 29.3 Å². The Labute approximate surface area is 199 Å². The number of amides is 3. The molecule has 0 radical (unpaired) electrons. The van der Waals surface area contributed by atoms with Crippen molar-refractivity contribution in [1.29, 1.82) is 0 Å². The zero-order valence-electron chi connectivity index (χ0n) is 18.1. The largest absolute Gasteiger partial charge is 0.503 e. The molecule has 0 bridgehead atoms. The number of H-pyrrole nitrogens is 1. The smallest absolute Gasteiger partial charge is 0.490 e. The number of aromatic nitrogens is 1. The van der Waals surface area contributed by atoms with E-state index in [2.05, 4.69) is 15.7 Å². The molecule has 0 saturated carbocycles. The number of carbonyl (C=O) groups excluding carboxylic acids is 2. The molecule has 0 aromatic carbocycles. The minimum absolute atomic E-state index is 0.165. The van der Waals surface area contributed by atoms with Gasteiger partial charge in [0.1, 0.15) is 11.7 Å². The van der Waals surface area contributed by atoms with E-state index in [4.69, 9.17) is 25.8 Å². The fourth-order valence-electron chi connectivity index (χ4n) is 1.80. The molecule has 2 rings (SSSR count). The Bertz CT molecular complexity index is 1150. The van der Waals surface area contributed by atoms with Crippen LogP contribution in [-0.4, -0.2) is 89.1 Å². The first-order valence-corrected chi connectivity index (χ1v) is 10.7. The fraction of sp³-hybridized carbons (Fsp3) is 0.312. The highest BCUT2D eigenvalue weighted by Gasteiger charge is 2.38. The number of sulfonamides is 1. The lowest BCUT2D eigenvalue weighted by Gasteiger charge is -2.33. The van der Waals surface area contributed by atoms with E-state index in [0.29, 0.717) is 0 Å². The number of carbonyl (C=O) groups is 4. The molecule has 3 amide bonds. The number of carboxylic acids is 2. The molecule has 1 aliphatic rings. The number of halogens is 3. The number of aliphatic carboxylic acids is 1. The molecule has 0 spiro atoms. The maximum absolute atomic E-state index is 11.3. The van der Waals surface area contributed by atoms with Crippen molar-refractivity contribution in [2.45, 2.75) is 12.2 Å². The zero-order valence-corrected chi connectivity index (χ0v) is 18.9. The number of aromatic hydroxyl groups is 1. The highest BCUT2D eigenvalue weighted by Crippen LogP contribution is 2.13. The lowest BCUT2D eigenvalue weighted by atomic mass is 10.1. The molecule has 2 heterocycles. The highest BCUT2D eigenvalue weighted by molar-refractivity contribution is 7.89. The Balaban J connectivity index is 0.000000576. The van der Waals surface area contributed by atoms with Crippen LogP contribution < -0.4 is 26.7 Å². The molecule has 1 atom stereocenters. The fourth-order valence-corrected chi connectivity index (χ4v) is 2.55. The first kappa shape index (κ1) is 32.0. The lowest BCUT2D eigenvalue weighted by Crippen LogP contribution is -2.64. The minimum Gasteiger partial charge on any atom is -0.503 e. The van der Waals surface area contributed by atoms with Gasteiger partial charge in [0, 0.05) is 18.5 Å². The van der Waals surface area contributed by atoms with E-state index in [9.17, 15) is 40.8 Å². The van der Waals surface area contributed by atoms with Gasteiger partial charge in [-0.3, -0.25) is 14.5 Å². The summed E-state index contributed by atoms with van der Waals surface area (Å²) in [5, 5.41) is 26.4. The van der Waals surface area contributed by atoms with Crippen LogP contribution in [0.4, 0.5) is 18.0 Å². The van der Waals surface area contributed by atoms with Gasteiger partial charge >= 0.3 is 24.1 Å². The number of aromatic carboxylic acids is 1. The van der Waals surface area contributed by atoms with E-state index >= 15 is 0 Å². The Kier molecular flexibility index (Phi) is 12.2. The number of nitrogens with one attached hydrogen (secondary N) is 4. The van der Waals surface area contributed by atoms with E-state index in [1.165, 1.54) is 13.1 Å². The van der Waals surface area contributed by atoms with Gasteiger partial charge in [-0.1, -0.05) is 6.08 Å². The predicted molar refractivity (Wildman–Crippen MR) is 113 cm³/mol. The van der Waals surface area contributed by atoms with Crippen molar-refractivity contribution in [3.63, 3.8) is 0 Å². The molecule has 36 heavy (non-hydrogen) atoms. The molecular weight excluding hydrogens is 525 g/mol. The number of pyridine rings is 1. The molecular formula is C16H21F3N6O10S. The average Bonchev–Trinajstić information content (AvgIpc) is 2.76. The van der Waals surface area contributed by atoms with Gasteiger partial charge in [0.25, 0.3) is 0 Å². The number of hydrazine groups is 1. The predicted octanol–water partition coefficient (Wildman–Crippen LogP) is -2.15. The number of urea groups is 1. The molecule has 1 saturated heterocycles. The van der Waals surface area contributed by atoms with Crippen LogP contribution in [0.3, 0.4) is 0 Å². The van der Waals surface area contributed by atoms with Gasteiger partial charge in [0.2, 0.25) is 21.4 Å². The van der Waals surface area contributed by atoms with Crippen molar-refractivity contribution in [2.24, 2.45) is 5.73 Å². The SMILES string of the molecule is CNNS(=O)(=O)CC=CNC(=O)N1CC(N)C1=O.O=C(O)C(F)(F)F.O=C(O)c1cc(=O)c(O)c[nH]1. The number of nitrogens with two attached hydrogens (primary N) is 1. The Morgan fingerprint density at radius 1 is 1.28 bits per heavy atom. The molecule has 0 aliphatic carbocycles. The number of imide groups is 1. The van der Waals surface area contributed by atoms with Gasteiger partial charge in [0.05, 0.1) is 12.3 Å². The first-order valence-electron chi connectivity index (χ1n) is 9.06. The number of likely N-dealkylation sites (tertiary alicyclic amines) is 1. The third-order valence-corrected chi connectivity index (χ3v) is 4.62.